The van der Waals surface area contributed by atoms with Gasteiger partial charge in [0.15, 0.2) is 11.5 Å². The Morgan fingerprint density at radius 2 is 1.83 bits per heavy atom. The molecule has 2 saturated heterocycles. The molecule has 2 amide bonds. The van der Waals surface area contributed by atoms with Crippen molar-refractivity contribution in [3.05, 3.63) is 64.6 Å². The van der Waals surface area contributed by atoms with Gasteiger partial charge in [0.2, 0.25) is 11.8 Å². The lowest BCUT2D eigenvalue weighted by Gasteiger charge is -2.32. The number of hydrogen-bond acceptors (Lipinski definition) is 6. The number of benzene rings is 1. The molecular formula is C27H32N6O3. The molecule has 0 aliphatic carbocycles. The molecule has 36 heavy (non-hydrogen) atoms. The van der Waals surface area contributed by atoms with Crippen LogP contribution in [0.15, 0.2) is 53.5 Å². The maximum atomic E-state index is 13.5. The molecule has 2 aliphatic rings. The number of piperidine rings is 1. The first-order valence-electron chi connectivity index (χ1n) is 12.8. The van der Waals surface area contributed by atoms with Crippen LogP contribution in [0.2, 0.25) is 0 Å². The van der Waals surface area contributed by atoms with Gasteiger partial charge in [-0.05, 0) is 43.4 Å². The lowest BCUT2D eigenvalue weighted by atomic mass is 9.96. The Balaban J connectivity index is 1.22. The van der Waals surface area contributed by atoms with Gasteiger partial charge in [-0.2, -0.15) is 0 Å². The van der Waals surface area contributed by atoms with E-state index in [1.54, 1.807) is 10.8 Å². The summed E-state index contributed by atoms with van der Waals surface area (Å²) in [5, 5.41) is 3.03. The van der Waals surface area contributed by atoms with Gasteiger partial charge < -0.3 is 15.1 Å². The largest absolute Gasteiger partial charge is 0.356 e. The Labute approximate surface area is 210 Å². The fourth-order valence-electron chi connectivity index (χ4n) is 5.10. The van der Waals surface area contributed by atoms with E-state index in [1.807, 2.05) is 52.3 Å². The van der Waals surface area contributed by atoms with Crippen LogP contribution in [-0.4, -0.2) is 64.0 Å². The number of nitrogens with zero attached hydrogens (tertiary/aromatic N) is 5. The number of carbonyl (C=O) groups excluding carboxylic acids is 2. The molecule has 1 aromatic carbocycles. The van der Waals surface area contributed by atoms with Crippen LogP contribution >= 0.6 is 0 Å². The SMILES string of the molecule is O=C(NCCCN1CCCC1=O)C1CCN(c2nc3cccnc3n(Cc3ccccc3)c2=O)CC1. The Morgan fingerprint density at radius 1 is 1.03 bits per heavy atom. The molecule has 0 bridgehead atoms. The second kappa shape index (κ2) is 10.9. The fourth-order valence-corrected chi connectivity index (χ4v) is 5.10. The average Bonchev–Trinajstić information content (AvgIpc) is 3.33. The van der Waals surface area contributed by atoms with Gasteiger partial charge in [-0.1, -0.05) is 30.3 Å². The fraction of sp³-hybridized carbons (Fsp3) is 0.444. The lowest BCUT2D eigenvalue weighted by Crippen LogP contribution is -2.43. The van der Waals surface area contributed by atoms with Gasteiger partial charge in [0, 0.05) is 51.3 Å². The van der Waals surface area contributed by atoms with Crippen molar-refractivity contribution in [3.8, 4) is 0 Å². The van der Waals surface area contributed by atoms with Gasteiger partial charge in [0.25, 0.3) is 5.56 Å². The van der Waals surface area contributed by atoms with E-state index in [2.05, 4.69) is 15.3 Å². The number of carbonyl (C=O) groups is 2. The van der Waals surface area contributed by atoms with Crippen molar-refractivity contribution in [2.45, 2.75) is 38.6 Å². The van der Waals surface area contributed by atoms with E-state index in [4.69, 9.17) is 0 Å². The standard InChI is InChI=1S/C27H32N6O3/c34-23-10-5-15-31(23)16-6-14-29-26(35)21-11-17-32(18-12-21)25-27(36)33(19-20-7-2-1-3-8-20)24-22(30-25)9-4-13-28-24/h1-4,7-9,13,21H,5-6,10-12,14-19H2,(H,29,35). The summed E-state index contributed by atoms with van der Waals surface area (Å²) in [7, 11) is 0. The summed E-state index contributed by atoms with van der Waals surface area (Å²) in [5.74, 6) is 0.609. The summed E-state index contributed by atoms with van der Waals surface area (Å²) in [6, 6.07) is 13.6. The van der Waals surface area contributed by atoms with Gasteiger partial charge in [0.05, 0.1) is 6.54 Å². The molecule has 3 aromatic rings. The molecule has 1 N–H and O–H groups in total. The number of hydrogen-bond donors (Lipinski definition) is 1. The van der Waals surface area contributed by atoms with Gasteiger partial charge >= 0.3 is 0 Å². The zero-order chi connectivity index (χ0) is 24.9. The van der Waals surface area contributed by atoms with Crippen LogP contribution in [0, 0.1) is 5.92 Å². The zero-order valence-corrected chi connectivity index (χ0v) is 20.4. The molecule has 0 unspecified atom stereocenters. The van der Waals surface area contributed by atoms with Crippen LogP contribution < -0.4 is 15.8 Å². The van der Waals surface area contributed by atoms with Crippen molar-refractivity contribution in [1.29, 1.82) is 0 Å². The highest BCUT2D eigenvalue weighted by Crippen LogP contribution is 2.22. The topological polar surface area (TPSA) is 100 Å². The Bertz CT molecular complexity index is 1280. The second-order valence-corrected chi connectivity index (χ2v) is 9.55. The molecule has 9 nitrogen and oxygen atoms in total. The van der Waals surface area contributed by atoms with Gasteiger partial charge in [-0.25, -0.2) is 9.97 Å². The highest BCUT2D eigenvalue weighted by molar-refractivity contribution is 5.79. The molecule has 2 fully saturated rings. The molecule has 0 radical (unpaired) electrons. The smallest absolute Gasteiger partial charge is 0.295 e. The van der Waals surface area contributed by atoms with E-state index in [0.717, 1.165) is 24.9 Å². The van der Waals surface area contributed by atoms with Crippen molar-refractivity contribution >= 4 is 28.8 Å². The maximum Gasteiger partial charge on any atom is 0.295 e. The van der Waals surface area contributed by atoms with Gasteiger partial charge in [0.1, 0.15) is 5.52 Å². The first-order valence-corrected chi connectivity index (χ1v) is 12.8. The minimum Gasteiger partial charge on any atom is -0.356 e. The third kappa shape index (κ3) is 5.24. The number of amides is 2. The maximum absolute atomic E-state index is 13.5. The number of pyridine rings is 1. The minimum atomic E-state index is -0.163. The minimum absolute atomic E-state index is 0.0551. The molecule has 0 atom stereocenters. The molecule has 188 valence electrons. The molecule has 2 aromatic heterocycles. The Morgan fingerprint density at radius 3 is 2.58 bits per heavy atom. The molecule has 2 aliphatic heterocycles. The monoisotopic (exact) mass is 488 g/mol. The second-order valence-electron chi connectivity index (χ2n) is 9.55. The van der Waals surface area contributed by atoms with Crippen LogP contribution in [0.25, 0.3) is 11.2 Å². The summed E-state index contributed by atoms with van der Waals surface area (Å²) in [4.78, 5) is 50.9. The third-order valence-corrected chi connectivity index (χ3v) is 7.11. The Hall–Kier alpha value is -3.75. The van der Waals surface area contributed by atoms with E-state index in [0.29, 0.717) is 69.0 Å². The van der Waals surface area contributed by atoms with Gasteiger partial charge in [-0.3, -0.25) is 19.0 Å². The zero-order valence-electron chi connectivity index (χ0n) is 20.4. The summed E-state index contributed by atoms with van der Waals surface area (Å²) < 4.78 is 1.69. The van der Waals surface area contributed by atoms with E-state index >= 15 is 0 Å². The summed E-state index contributed by atoms with van der Waals surface area (Å²) >= 11 is 0. The summed E-state index contributed by atoms with van der Waals surface area (Å²) in [5.41, 5.74) is 2.11. The molecule has 0 spiro atoms. The lowest BCUT2D eigenvalue weighted by molar-refractivity contribution is -0.127. The van der Waals surface area contributed by atoms with Crippen molar-refractivity contribution < 1.29 is 9.59 Å². The van der Waals surface area contributed by atoms with Crippen LogP contribution in [0.1, 0.15) is 37.7 Å². The summed E-state index contributed by atoms with van der Waals surface area (Å²) in [6.45, 7) is 3.72. The molecule has 0 saturated carbocycles. The number of aromatic nitrogens is 3. The number of likely N-dealkylation sites (tertiary alicyclic amines) is 1. The van der Waals surface area contributed by atoms with Crippen molar-refractivity contribution in [2.75, 3.05) is 37.6 Å². The number of nitrogens with one attached hydrogen (secondary N) is 1. The average molecular weight is 489 g/mol. The van der Waals surface area contributed by atoms with Crippen LogP contribution in [0.3, 0.4) is 0 Å². The quantitative estimate of drug-likeness (QED) is 0.488. The predicted molar refractivity (Wildman–Crippen MR) is 138 cm³/mol. The predicted octanol–water partition coefficient (Wildman–Crippen LogP) is 2.18. The van der Waals surface area contributed by atoms with E-state index in [-0.39, 0.29) is 23.3 Å². The normalized spacial score (nSPS) is 16.6. The number of anilines is 1. The number of rotatable bonds is 8. The van der Waals surface area contributed by atoms with Crippen LogP contribution in [-0.2, 0) is 16.1 Å². The number of fused-ring (bicyclic) bond motifs is 1. The van der Waals surface area contributed by atoms with Crippen LogP contribution in [0.4, 0.5) is 5.82 Å². The van der Waals surface area contributed by atoms with E-state index < -0.39 is 0 Å². The Kier molecular flexibility index (Phi) is 7.25. The van der Waals surface area contributed by atoms with Crippen molar-refractivity contribution in [1.82, 2.24) is 24.8 Å². The molecule has 5 rings (SSSR count). The highest BCUT2D eigenvalue weighted by atomic mass is 16.2. The molecule has 4 heterocycles. The highest BCUT2D eigenvalue weighted by Gasteiger charge is 2.28. The third-order valence-electron chi connectivity index (χ3n) is 7.11. The van der Waals surface area contributed by atoms with Crippen LogP contribution in [0.5, 0.6) is 0 Å². The molecule has 9 heteroatoms. The summed E-state index contributed by atoms with van der Waals surface area (Å²) in [6.07, 6.45) is 5.36. The first kappa shape index (κ1) is 24.0. The van der Waals surface area contributed by atoms with Gasteiger partial charge in [-0.15, -0.1) is 0 Å². The van der Waals surface area contributed by atoms with Crippen molar-refractivity contribution in [2.24, 2.45) is 5.92 Å². The van der Waals surface area contributed by atoms with Crippen molar-refractivity contribution in [3.63, 3.8) is 0 Å². The van der Waals surface area contributed by atoms with E-state index in [1.165, 1.54) is 0 Å². The first-order chi connectivity index (χ1) is 17.6. The van der Waals surface area contributed by atoms with E-state index in [9.17, 15) is 14.4 Å². The molecular weight excluding hydrogens is 456 g/mol.